The van der Waals surface area contributed by atoms with Gasteiger partial charge in [0.25, 0.3) is 0 Å². The third-order valence-corrected chi connectivity index (χ3v) is 3.04. The molecule has 0 saturated heterocycles. The number of benzene rings is 1. The van der Waals surface area contributed by atoms with Gasteiger partial charge in [-0.15, -0.1) is 0 Å². The minimum atomic E-state index is 0.173. The van der Waals surface area contributed by atoms with Gasteiger partial charge in [0, 0.05) is 18.1 Å². The highest BCUT2D eigenvalue weighted by atomic mass is 79.9. The fourth-order valence-corrected chi connectivity index (χ4v) is 1.76. The summed E-state index contributed by atoms with van der Waals surface area (Å²) in [4.78, 5) is 8.35. The Balaban J connectivity index is 2.13. The summed E-state index contributed by atoms with van der Waals surface area (Å²) in [7, 11) is 0. The van der Waals surface area contributed by atoms with Gasteiger partial charge in [0.2, 0.25) is 5.95 Å². The van der Waals surface area contributed by atoms with Crippen LogP contribution in [0.15, 0.2) is 41.1 Å². The maximum Gasteiger partial charge on any atom is 0.227 e. The molecule has 0 spiro atoms. The van der Waals surface area contributed by atoms with Crippen molar-refractivity contribution in [3.05, 3.63) is 46.7 Å². The molecule has 0 atom stereocenters. The molecule has 0 amide bonds. The molecule has 3 nitrogen and oxygen atoms in total. The van der Waals surface area contributed by atoms with Gasteiger partial charge in [-0.3, -0.25) is 0 Å². The van der Waals surface area contributed by atoms with E-state index in [1.165, 1.54) is 5.56 Å². The van der Waals surface area contributed by atoms with Crippen molar-refractivity contribution in [1.29, 1.82) is 0 Å². The van der Waals surface area contributed by atoms with Crippen LogP contribution >= 0.6 is 15.9 Å². The molecule has 94 valence electrons. The minimum Gasteiger partial charge on any atom is -0.324 e. The lowest BCUT2D eigenvalue weighted by molar-refractivity contribution is 0.590. The average molecular weight is 306 g/mol. The normalized spacial score (nSPS) is 11.3. The van der Waals surface area contributed by atoms with Crippen LogP contribution in [-0.4, -0.2) is 9.97 Å². The highest BCUT2D eigenvalue weighted by Crippen LogP contribution is 2.24. The molecule has 0 bridgehead atoms. The van der Waals surface area contributed by atoms with Gasteiger partial charge in [0.05, 0.1) is 4.47 Å². The van der Waals surface area contributed by atoms with Crippen LogP contribution in [0.25, 0.3) is 0 Å². The molecule has 0 aliphatic rings. The molecule has 0 fully saturated rings. The first-order valence-electron chi connectivity index (χ1n) is 5.80. The van der Waals surface area contributed by atoms with Crippen molar-refractivity contribution in [2.75, 3.05) is 5.32 Å². The third-order valence-electron chi connectivity index (χ3n) is 2.63. The summed E-state index contributed by atoms with van der Waals surface area (Å²) < 4.78 is 0.871. The molecule has 0 unspecified atom stereocenters. The molecule has 4 heteroatoms. The summed E-state index contributed by atoms with van der Waals surface area (Å²) in [6.45, 7) is 6.60. The number of anilines is 2. The van der Waals surface area contributed by atoms with Gasteiger partial charge in [0.15, 0.2) is 0 Å². The van der Waals surface area contributed by atoms with Gasteiger partial charge in [0.1, 0.15) is 0 Å². The molecule has 2 aromatic rings. The third kappa shape index (κ3) is 3.29. The lowest BCUT2D eigenvalue weighted by Crippen LogP contribution is -2.10. The second kappa shape index (κ2) is 5.06. The van der Waals surface area contributed by atoms with E-state index in [1.807, 2.05) is 12.1 Å². The van der Waals surface area contributed by atoms with Crippen LogP contribution in [0, 0.1) is 0 Å². The van der Waals surface area contributed by atoms with E-state index in [2.05, 4.69) is 64.1 Å². The molecular weight excluding hydrogens is 290 g/mol. The van der Waals surface area contributed by atoms with E-state index in [0.717, 1.165) is 10.2 Å². The van der Waals surface area contributed by atoms with Crippen LogP contribution in [0.4, 0.5) is 11.6 Å². The number of rotatable bonds is 2. The lowest BCUT2D eigenvalue weighted by atomic mass is 9.87. The Morgan fingerprint density at radius 1 is 1.00 bits per heavy atom. The molecular formula is C14H16BrN3. The second-order valence-corrected chi connectivity index (χ2v) is 6.09. The van der Waals surface area contributed by atoms with E-state index in [0.29, 0.717) is 5.95 Å². The number of nitrogens with zero attached hydrogens (tertiary/aromatic N) is 2. The van der Waals surface area contributed by atoms with Crippen LogP contribution in [0.1, 0.15) is 26.3 Å². The fourth-order valence-electron chi connectivity index (χ4n) is 1.56. The maximum absolute atomic E-state index is 4.18. The van der Waals surface area contributed by atoms with E-state index < -0.39 is 0 Å². The summed E-state index contributed by atoms with van der Waals surface area (Å²) >= 11 is 3.31. The summed E-state index contributed by atoms with van der Waals surface area (Å²) in [5, 5.41) is 3.17. The Morgan fingerprint density at radius 3 is 2.06 bits per heavy atom. The average Bonchev–Trinajstić information content (AvgIpc) is 2.32. The SMILES string of the molecule is CC(C)(C)c1ccc(Nc2ncc(Br)cn2)cc1. The number of hydrogen-bond donors (Lipinski definition) is 1. The molecule has 1 heterocycles. The van der Waals surface area contributed by atoms with E-state index >= 15 is 0 Å². The van der Waals surface area contributed by atoms with E-state index in [-0.39, 0.29) is 5.41 Å². The fraction of sp³-hybridized carbons (Fsp3) is 0.286. The van der Waals surface area contributed by atoms with Crippen molar-refractivity contribution >= 4 is 27.6 Å². The lowest BCUT2D eigenvalue weighted by Gasteiger charge is -2.19. The zero-order chi connectivity index (χ0) is 13.2. The highest BCUT2D eigenvalue weighted by Gasteiger charge is 2.12. The molecule has 0 radical (unpaired) electrons. The van der Waals surface area contributed by atoms with Crippen molar-refractivity contribution in [3.8, 4) is 0 Å². The Kier molecular flexibility index (Phi) is 3.66. The Hall–Kier alpha value is -1.42. The first-order chi connectivity index (χ1) is 8.45. The minimum absolute atomic E-state index is 0.173. The molecule has 1 aromatic carbocycles. The van der Waals surface area contributed by atoms with Crippen molar-refractivity contribution in [2.45, 2.75) is 26.2 Å². The first kappa shape index (κ1) is 13.0. The van der Waals surface area contributed by atoms with Gasteiger partial charge < -0.3 is 5.32 Å². The first-order valence-corrected chi connectivity index (χ1v) is 6.59. The summed E-state index contributed by atoms with van der Waals surface area (Å²) in [5.74, 6) is 0.599. The number of halogens is 1. The van der Waals surface area contributed by atoms with Crippen LogP contribution in [0.2, 0.25) is 0 Å². The van der Waals surface area contributed by atoms with Crippen LogP contribution in [0.5, 0.6) is 0 Å². The van der Waals surface area contributed by atoms with Crippen LogP contribution < -0.4 is 5.32 Å². The number of aromatic nitrogens is 2. The molecule has 2 rings (SSSR count). The molecule has 0 aliphatic heterocycles. The van der Waals surface area contributed by atoms with Crippen molar-refractivity contribution in [1.82, 2.24) is 9.97 Å². The highest BCUT2D eigenvalue weighted by molar-refractivity contribution is 9.10. The quantitative estimate of drug-likeness (QED) is 0.900. The second-order valence-electron chi connectivity index (χ2n) is 5.18. The smallest absolute Gasteiger partial charge is 0.227 e. The predicted molar refractivity (Wildman–Crippen MR) is 78.2 cm³/mol. The summed E-state index contributed by atoms with van der Waals surface area (Å²) in [6.07, 6.45) is 3.44. The van der Waals surface area contributed by atoms with E-state index in [9.17, 15) is 0 Å². The Labute approximate surface area is 116 Å². The molecule has 18 heavy (non-hydrogen) atoms. The Bertz CT molecular complexity index is 512. The Morgan fingerprint density at radius 2 is 1.56 bits per heavy atom. The zero-order valence-electron chi connectivity index (χ0n) is 10.7. The largest absolute Gasteiger partial charge is 0.324 e. The van der Waals surface area contributed by atoms with Crippen LogP contribution in [-0.2, 0) is 5.41 Å². The maximum atomic E-state index is 4.18. The predicted octanol–water partition coefficient (Wildman–Crippen LogP) is 4.28. The summed E-state index contributed by atoms with van der Waals surface area (Å²) in [5.41, 5.74) is 2.47. The zero-order valence-corrected chi connectivity index (χ0v) is 12.3. The van der Waals surface area contributed by atoms with Crippen molar-refractivity contribution in [2.24, 2.45) is 0 Å². The summed E-state index contributed by atoms with van der Waals surface area (Å²) in [6, 6.07) is 8.35. The van der Waals surface area contributed by atoms with Gasteiger partial charge in [-0.1, -0.05) is 32.9 Å². The topological polar surface area (TPSA) is 37.8 Å². The molecule has 1 N–H and O–H groups in total. The standard InChI is InChI=1S/C14H16BrN3/c1-14(2,3)10-4-6-12(7-5-10)18-13-16-8-11(15)9-17-13/h4-9H,1-3H3,(H,16,17,18). The van der Waals surface area contributed by atoms with Gasteiger partial charge in [-0.2, -0.15) is 0 Å². The van der Waals surface area contributed by atoms with E-state index in [4.69, 9.17) is 0 Å². The molecule has 0 saturated carbocycles. The van der Waals surface area contributed by atoms with Gasteiger partial charge in [-0.25, -0.2) is 9.97 Å². The van der Waals surface area contributed by atoms with Crippen molar-refractivity contribution in [3.63, 3.8) is 0 Å². The van der Waals surface area contributed by atoms with Gasteiger partial charge >= 0.3 is 0 Å². The number of hydrogen-bond acceptors (Lipinski definition) is 3. The monoisotopic (exact) mass is 305 g/mol. The van der Waals surface area contributed by atoms with Gasteiger partial charge in [-0.05, 0) is 39.0 Å². The van der Waals surface area contributed by atoms with Crippen molar-refractivity contribution < 1.29 is 0 Å². The number of nitrogens with one attached hydrogen (secondary N) is 1. The molecule has 1 aromatic heterocycles. The molecule has 0 aliphatic carbocycles. The van der Waals surface area contributed by atoms with E-state index in [1.54, 1.807) is 12.4 Å². The van der Waals surface area contributed by atoms with Crippen LogP contribution in [0.3, 0.4) is 0 Å².